The van der Waals surface area contributed by atoms with Crippen LogP contribution in [0.25, 0.3) is 0 Å². The van der Waals surface area contributed by atoms with Crippen molar-refractivity contribution in [1.29, 1.82) is 0 Å². The third kappa shape index (κ3) is 6.42. The lowest BCUT2D eigenvalue weighted by Crippen LogP contribution is -2.27. The molecule has 0 aliphatic rings. The van der Waals surface area contributed by atoms with E-state index in [1.54, 1.807) is 0 Å². The van der Waals surface area contributed by atoms with Crippen LogP contribution in [0.5, 0.6) is 0 Å². The molecule has 1 N–H and O–H groups in total. The normalized spacial score (nSPS) is 17.8. The predicted molar refractivity (Wildman–Crippen MR) is 65.6 cm³/mol. The van der Waals surface area contributed by atoms with Crippen LogP contribution in [0.3, 0.4) is 0 Å². The maximum absolute atomic E-state index is 3.45. The molecule has 0 aromatic rings. The molecular weight excluding hydrogens is 170 g/mol. The van der Waals surface area contributed by atoms with Gasteiger partial charge in [0.25, 0.3) is 0 Å². The van der Waals surface area contributed by atoms with E-state index in [2.05, 4.69) is 40.1 Å². The lowest BCUT2D eigenvalue weighted by molar-refractivity contribution is 0.362. The molecule has 14 heavy (non-hydrogen) atoms. The molecule has 0 saturated carbocycles. The Morgan fingerprint density at radius 1 is 0.929 bits per heavy atom. The molecule has 0 aromatic carbocycles. The lowest BCUT2D eigenvalue weighted by Gasteiger charge is -2.21. The highest BCUT2D eigenvalue weighted by Crippen LogP contribution is 2.17. The second-order valence-corrected chi connectivity index (χ2v) is 4.83. The fourth-order valence-corrected chi connectivity index (χ4v) is 1.72. The van der Waals surface area contributed by atoms with E-state index < -0.39 is 0 Å². The zero-order valence-corrected chi connectivity index (χ0v) is 10.8. The zero-order valence-electron chi connectivity index (χ0n) is 10.8. The predicted octanol–water partition coefficient (Wildman–Crippen LogP) is 3.84. The van der Waals surface area contributed by atoms with Crippen LogP contribution in [0.2, 0.25) is 0 Å². The van der Waals surface area contributed by atoms with Crippen LogP contribution in [0.4, 0.5) is 0 Å². The van der Waals surface area contributed by atoms with Crippen molar-refractivity contribution >= 4 is 0 Å². The molecule has 0 fully saturated rings. The Hall–Kier alpha value is -0.0400. The molecule has 86 valence electrons. The van der Waals surface area contributed by atoms with E-state index in [1.807, 2.05) is 0 Å². The maximum Gasteiger partial charge on any atom is 0.00666 e. The number of hydrogen-bond donors (Lipinski definition) is 1. The molecule has 0 saturated heterocycles. The minimum Gasteiger partial charge on any atom is -0.317 e. The average Bonchev–Trinajstić information content (AvgIpc) is 2.22. The lowest BCUT2D eigenvalue weighted by atomic mass is 9.93. The van der Waals surface area contributed by atoms with E-state index in [0.29, 0.717) is 0 Å². The molecule has 0 rings (SSSR count). The Morgan fingerprint density at radius 2 is 1.50 bits per heavy atom. The van der Waals surface area contributed by atoms with E-state index in [9.17, 15) is 0 Å². The molecule has 0 bridgehead atoms. The van der Waals surface area contributed by atoms with Gasteiger partial charge in [0, 0.05) is 6.04 Å². The molecule has 0 heterocycles. The van der Waals surface area contributed by atoms with Crippen LogP contribution < -0.4 is 5.32 Å². The van der Waals surface area contributed by atoms with Crippen molar-refractivity contribution in [3.63, 3.8) is 0 Å². The molecule has 1 nitrogen and oxygen atoms in total. The maximum atomic E-state index is 3.45. The van der Waals surface area contributed by atoms with Crippen molar-refractivity contribution in [3.8, 4) is 0 Å². The molecule has 3 unspecified atom stereocenters. The second-order valence-electron chi connectivity index (χ2n) is 4.83. The average molecular weight is 199 g/mol. The van der Waals surface area contributed by atoms with E-state index in [1.165, 1.54) is 32.1 Å². The van der Waals surface area contributed by atoms with Gasteiger partial charge in [0.2, 0.25) is 0 Å². The van der Waals surface area contributed by atoms with Gasteiger partial charge >= 0.3 is 0 Å². The van der Waals surface area contributed by atoms with Gasteiger partial charge in [-0.1, -0.05) is 40.5 Å². The van der Waals surface area contributed by atoms with E-state index in [-0.39, 0.29) is 0 Å². The fraction of sp³-hybridized carbons (Fsp3) is 1.00. The Bertz CT molecular complexity index is 122. The summed E-state index contributed by atoms with van der Waals surface area (Å²) in [5.41, 5.74) is 0. The number of hydrogen-bond acceptors (Lipinski definition) is 1. The first kappa shape index (κ1) is 14.0. The minimum atomic E-state index is 0.735. The van der Waals surface area contributed by atoms with Gasteiger partial charge in [0.15, 0.2) is 0 Å². The first-order chi connectivity index (χ1) is 6.63. The first-order valence-electron chi connectivity index (χ1n) is 6.31. The second kappa shape index (κ2) is 8.28. The van der Waals surface area contributed by atoms with Gasteiger partial charge in [0.05, 0.1) is 0 Å². The minimum absolute atomic E-state index is 0.735. The van der Waals surface area contributed by atoms with Crippen molar-refractivity contribution < 1.29 is 0 Å². The van der Waals surface area contributed by atoms with Crippen LogP contribution in [0.15, 0.2) is 0 Å². The van der Waals surface area contributed by atoms with Gasteiger partial charge < -0.3 is 5.32 Å². The van der Waals surface area contributed by atoms with E-state index in [4.69, 9.17) is 0 Å². The zero-order chi connectivity index (χ0) is 11.0. The van der Waals surface area contributed by atoms with Crippen molar-refractivity contribution in [2.24, 2.45) is 11.8 Å². The first-order valence-corrected chi connectivity index (χ1v) is 6.31. The number of nitrogens with one attached hydrogen (secondary N) is 1. The van der Waals surface area contributed by atoms with E-state index in [0.717, 1.165) is 17.9 Å². The third-order valence-electron chi connectivity index (χ3n) is 3.50. The van der Waals surface area contributed by atoms with Crippen LogP contribution in [-0.4, -0.2) is 13.1 Å². The molecule has 0 aliphatic carbocycles. The summed E-state index contributed by atoms with van der Waals surface area (Å²) in [4.78, 5) is 0. The van der Waals surface area contributed by atoms with Crippen LogP contribution in [-0.2, 0) is 0 Å². The highest BCUT2D eigenvalue weighted by atomic mass is 14.9. The van der Waals surface area contributed by atoms with Crippen LogP contribution >= 0.6 is 0 Å². The monoisotopic (exact) mass is 199 g/mol. The SMILES string of the molecule is CCC(C)CCC(CC(C)CC)NC. The van der Waals surface area contributed by atoms with Crippen molar-refractivity contribution in [3.05, 3.63) is 0 Å². The molecule has 0 aliphatic heterocycles. The summed E-state index contributed by atoms with van der Waals surface area (Å²) in [6, 6.07) is 0.735. The van der Waals surface area contributed by atoms with Crippen LogP contribution in [0, 0.1) is 11.8 Å². The quantitative estimate of drug-likeness (QED) is 0.626. The van der Waals surface area contributed by atoms with E-state index >= 15 is 0 Å². The van der Waals surface area contributed by atoms with Gasteiger partial charge in [-0.3, -0.25) is 0 Å². The summed E-state index contributed by atoms with van der Waals surface area (Å²) in [5, 5.41) is 3.45. The Kier molecular flexibility index (Phi) is 8.26. The highest BCUT2D eigenvalue weighted by molar-refractivity contribution is 4.69. The number of rotatable bonds is 8. The van der Waals surface area contributed by atoms with Crippen molar-refractivity contribution in [2.75, 3.05) is 7.05 Å². The largest absolute Gasteiger partial charge is 0.317 e. The summed E-state index contributed by atoms with van der Waals surface area (Å²) in [6.07, 6.45) is 6.68. The summed E-state index contributed by atoms with van der Waals surface area (Å²) >= 11 is 0. The van der Waals surface area contributed by atoms with Gasteiger partial charge in [-0.25, -0.2) is 0 Å². The standard InChI is InChI=1S/C13H29N/c1-6-11(3)8-9-13(14-5)10-12(4)7-2/h11-14H,6-10H2,1-5H3. The smallest absolute Gasteiger partial charge is 0.00666 e. The highest BCUT2D eigenvalue weighted by Gasteiger charge is 2.11. The topological polar surface area (TPSA) is 12.0 Å². The Labute approximate surface area is 90.7 Å². The molecule has 3 atom stereocenters. The van der Waals surface area contributed by atoms with Gasteiger partial charge in [-0.15, -0.1) is 0 Å². The molecular formula is C13H29N. The van der Waals surface area contributed by atoms with Gasteiger partial charge in [-0.2, -0.15) is 0 Å². The summed E-state index contributed by atoms with van der Waals surface area (Å²) < 4.78 is 0. The molecule has 0 aromatic heterocycles. The molecule has 0 amide bonds. The summed E-state index contributed by atoms with van der Waals surface area (Å²) in [5.74, 6) is 1.76. The third-order valence-corrected chi connectivity index (χ3v) is 3.50. The fourth-order valence-electron chi connectivity index (χ4n) is 1.72. The molecule has 0 spiro atoms. The molecule has 0 radical (unpaired) electrons. The molecule has 1 heteroatoms. The van der Waals surface area contributed by atoms with Crippen molar-refractivity contribution in [1.82, 2.24) is 5.32 Å². The summed E-state index contributed by atoms with van der Waals surface area (Å²) in [6.45, 7) is 9.28. The Balaban J connectivity index is 3.68. The summed E-state index contributed by atoms with van der Waals surface area (Å²) in [7, 11) is 2.10. The van der Waals surface area contributed by atoms with Crippen molar-refractivity contribution in [2.45, 2.75) is 65.8 Å². The Morgan fingerprint density at radius 3 is 1.93 bits per heavy atom. The van der Waals surface area contributed by atoms with Gasteiger partial charge in [0.1, 0.15) is 0 Å². The van der Waals surface area contributed by atoms with Crippen LogP contribution in [0.1, 0.15) is 59.8 Å². The van der Waals surface area contributed by atoms with Gasteiger partial charge in [-0.05, 0) is 38.1 Å².